The van der Waals surface area contributed by atoms with Crippen molar-refractivity contribution in [3.63, 3.8) is 0 Å². The average molecular weight is 202 g/mol. The van der Waals surface area contributed by atoms with Crippen LogP contribution in [-0.4, -0.2) is 13.1 Å². The van der Waals surface area contributed by atoms with Gasteiger partial charge in [0.15, 0.2) is 0 Å². The molecule has 0 bridgehead atoms. The second-order valence-electron chi connectivity index (χ2n) is 3.85. The lowest BCUT2D eigenvalue weighted by Crippen LogP contribution is -2.13. The van der Waals surface area contributed by atoms with Crippen molar-refractivity contribution in [1.82, 2.24) is 0 Å². The van der Waals surface area contributed by atoms with Crippen LogP contribution in [-0.2, 0) is 9.53 Å². The molecule has 2 heteroatoms. The monoisotopic (exact) mass is 202 g/mol. The van der Waals surface area contributed by atoms with Gasteiger partial charge in [-0.2, -0.15) is 0 Å². The molecule has 0 spiro atoms. The Bertz CT molecular complexity index is 401. The number of ether oxygens (including phenoxy) is 1. The number of hydrogen-bond donors (Lipinski definition) is 0. The van der Waals surface area contributed by atoms with Crippen LogP contribution in [0.15, 0.2) is 35.9 Å². The molecule has 1 aliphatic carbocycles. The molecular formula is C13H14O2. The summed E-state index contributed by atoms with van der Waals surface area (Å²) in [7, 11) is 1.44. The molecular weight excluding hydrogens is 188 g/mol. The molecule has 2 nitrogen and oxygen atoms in total. The van der Waals surface area contributed by atoms with Gasteiger partial charge < -0.3 is 4.74 Å². The van der Waals surface area contributed by atoms with Gasteiger partial charge >= 0.3 is 5.97 Å². The molecule has 0 saturated heterocycles. The fourth-order valence-corrected chi connectivity index (χ4v) is 1.67. The second kappa shape index (κ2) is 3.89. The molecule has 1 aromatic rings. The molecule has 1 aliphatic rings. The summed E-state index contributed by atoms with van der Waals surface area (Å²) >= 11 is 0. The minimum atomic E-state index is -0.185. The van der Waals surface area contributed by atoms with Crippen molar-refractivity contribution in [3.8, 4) is 0 Å². The zero-order chi connectivity index (χ0) is 10.8. The molecule has 2 rings (SSSR count). The highest BCUT2D eigenvalue weighted by atomic mass is 16.5. The van der Waals surface area contributed by atoms with Gasteiger partial charge in [0.2, 0.25) is 0 Å². The smallest absolute Gasteiger partial charge is 0.317 e. The third-order valence-electron chi connectivity index (χ3n) is 2.66. The predicted octanol–water partition coefficient (Wildman–Crippen LogP) is 2.58. The van der Waals surface area contributed by atoms with Crippen LogP contribution in [0.1, 0.15) is 23.5 Å². The maximum Gasteiger partial charge on any atom is 0.317 e. The molecule has 78 valence electrons. The van der Waals surface area contributed by atoms with Crippen molar-refractivity contribution < 1.29 is 9.53 Å². The van der Waals surface area contributed by atoms with Gasteiger partial charge in [0, 0.05) is 0 Å². The SMILES string of the molecule is COC(=O)C(C1=CC1)c1ccc(C)cc1. The van der Waals surface area contributed by atoms with Gasteiger partial charge in [-0.15, -0.1) is 0 Å². The first-order valence-electron chi connectivity index (χ1n) is 5.05. The van der Waals surface area contributed by atoms with Crippen molar-refractivity contribution in [1.29, 1.82) is 0 Å². The zero-order valence-electron chi connectivity index (χ0n) is 8.99. The summed E-state index contributed by atoms with van der Waals surface area (Å²) in [5, 5.41) is 0. The van der Waals surface area contributed by atoms with Crippen LogP contribution < -0.4 is 0 Å². The molecule has 0 N–H and O–H groups in total. The Morgan fingerprint density at radius 3 is 2.40 bits per heavy atom. The highest BCUT2D eigenvalue weighted by Crippen LogP contribution is 2.36. The van der Waals surface area contributed by atoms with Gasteiger partial charge in [0.25, 0.3) is 0 Å². The van der Waals surface area contributed by atoms with Crippen LogP contribution in [0, 0.1) is 6.92 Å². The van der Waals surface area contributed by atoms with Crippen molar-refractivity contribution in [2.24, 2.45) is 0 Å². The molecule has 0 aromatic heterocycles. The molecule has 0 aliphatic heterocycles. The Balaban J connectivity index is 2.28. The molecule has 0 radical (unpaired) electrons. The van der Waals surface area contributed by atoms with Crippen LogP contribution >= 0.6 is 0 Å². The van der Waals surface area contributed by atoms with Crippen molar-refractivity contribution >= 4 is 5.97 Å². The Labute approximate surface area is 89.6 Å². The third kappa shape index (κ3) is 2.09. The Morgan fingerprint density at radius 2 is 1.93 bits per heavy atom. The van der Waals surface area contributed by atoms with E-state index < -0.39 is 0 Å². The summed E-state index contributed by atoms with van der Waals surface area (Å²) in [6, 6.07) is 8.04. The van der Waals surface area contributed by atoms with Crippen LogP contribution in [0.4, 0.5) is 0 Å². The maximum absolute atomic E-state index is 11.6. The van der Waals surface area contributed by atoms with Crippen LogP contribution in [0.5, 0.6) is 0 Å². The standard InChI is InChI=1S/C13H14O2/c1-9-3-5-10(6-4-9)12(11-7-8-11)13(14)15-2/h3-7,12H,8H2,1-2H3. The number of methoxy groups -OCH3 is 1. The molecule has 0 amide bonds. The van der Waals surface area contributed by atoms with E-state index in [-0.39, 0.29) is 11.9 Å². The number of carbonyl (C=O) groups excluding carboxylic acids is 1. The minimum absolute atomic E-state index is 0.164. The maximum atomic E-state index is 11.6. The summed E-state index contributed by atoms with van der Waals surface area (Å²) in [6.45, 7) is 2.04. The van der Waals surface area contributed by atoms with E-state index in [0.717, 1.165) is 12.0 Å². The first-order chi connectivity index (χ1) is 7.22. The van der Waals surface area contributed by atoms with E-state index in [1.165, 1.54) is 18.2 Å². The first kappa shape index (κ1) is 9.97. The molecule has 1 aromatic carbocycles. The van der Waals surface area contributed by atoms with E-state index in [2.05, 4.69) is 6.08 Å². The lowest BCUT2D eigenvalue weighted by molar-refractivity contribution is -0.141. The van der Waals surface area contributed by atoms with E-state index in [1.807, 2.05) is 31.2 Å². The Kier molecular flexibility index (Phi) is 2.58. The summed E-state index contributed by atoms with van der Waals surface area (Å²) in [5.41, 5.74) is 3.40. The summed E-state index contributed by atoms with van der Waals surface area (Å²) in [5.74, 6) is -0.349. The Morgan fingerprint density at radius 1 is 1.33 bits per heavy atom. The zero-order valence-corrected chi connectivity index (χ0v) is 8.99. The largest absolute Gasteiger partial charge is 0.468 e. The summed E-state index contributed by atoms with van der Waals surface area (Å²) in [4.78, 5) is 11.6. The number of carbonyl (C=O) groups is 1. The summed E-state index contributed by atoms with van der Waals surface area (Å²) < 4.78 is 4.82. The van der Waals surface area contributed by atoms with Crippen molar-refractivity contribution in [3.05, 3.63) is 47.0 Å². The molecule has 15 heavy (non-hydrogen) atoms. The van der Waals surface area contributed by atoms with Crippen molar-refractivity contribution in [2.75, 3.05) is 7.11 Å². The Hall–Kier alpha value is -1.57. The number of esters is 1. The van der Waals surface area contributed by atoms with E-state index in [0.29, 0.717) is 0 Å². The second-order valence-corrected chi connectivity index (χ2v) is 3.85. The number of rotatable bonds is 3. The van der Waals surface area contributed by atoms with Crippen LogP contribution in [0.3, 0.4) is 0 Å². The highest BCUT2D eigenvalue weighted by molar-refractivity contribution is 5.83. The predicted molar refractivity (Wildman–Crippen MR) is 58.6 cm³/mol. The topological polar surface area (TPSA) is 26.3 Å². The highest BCUT2D eigenvalue weighted by Gasteiger charge is 2.29. The van der Waals surface area contributed by atoms with Gasteiger partial charge in [-0.3, -0.25) is 4.79 Å². The fraction of sp³-hybridized carbons (Fsp3) is 0.308. The van der Waals surface area contributed by atoms with Crippen molar-refractivity contribution in [2.45, 2.75) is 19.3 Å². The van der Waals surface area contributed by atoms with E-state index in [4.69, 9.17) is 4.74 Å². The molecule has 0 saturated carbocycles. The lowest BCUT2D eigenvalue weighted by Gasteiger charge is -2.12. The van der Waals surface area contributed by atoms with Crippen LogP contribution in [0.25, 0.3) is 0 Å². The number of hydrogen-bond acceptors (Lipinski definition) is 2. The van der Waals surface area contributed by atoms with Gasteiger partial charge in [0.1, 0.15) is 5.92 Å². The average Bonchev–Trinajstić information content (AvgIpc) is 3.05. The van der Waals surface area contributed by atoms with Crippen LogP contribution in [0.2, 0.25) is 0 Å². The van der Waals surface area contributed by atoms with Gasteiger partial charge in [-0.1, -0.05) is 41.5 Å². The van der Waals surface area contributed by atoms with E-state index in [9.17, 15) is 4.79 Å². The van der Waals surface area contributed by atoms with Gasteiger partial charge in [0.05, 0.1) is 7.11 Å². The molecule has 1 atom stereocenters. The number of benzene rings is 1. The quantitative estimate of drug-likeness (QED) is 0.556. The molecule has 0 heterocycles. The first-order valence-corrected chi connectivity index (χ1v) is 5.05. The fourth-order valence-electron chi connectivity index (χ4n) is 1.67. The normalized spacial score (nSPS) is 15.5. The van der Waals surface area contributed by atoms with E-state index in [1.54, 1.807) is 0 Å². The molecule has 1 unspecified atom stereocenters. The third-order valence-corrected chi connectivity index (χ3v) is 2.66. The lowest BCUT2D eigenvalue weighted by atomic mass is 9.95. The van der Waals surface area contributed by atoms with Gasteiger partial charge in [-0.05, 0) is 18.9 Å². The van der Waals surface area contributed by atoms with E-state index >= 15 is 0 Å². The number of allylic oxidation sites excluding steroid dienone is 1. The minimum Gasteiger partial charge on any atom is -0.468 e. The number of aryl methyl sites for hydroxylation is 1. The molecule has 0 fully saturated rings. The van der Waals surface area contributed by atoms with Gasteiger partial charge in [-0.25, -0.2) is 0 Å². The summed E-state index contributed by atoms with van der Waals surface area (Å²) in [6.07, 6.45) is 3.01.